The Morgan fingerprint density at radius 1 is 1.50 bits per heavy atom. The lowest BCUT2D eigenvalue weighted by Gasteiger charge is -2.17. The second kappa shape index (κ2) is 4.46. The van der Waals surface area contributed by atoms with E-state index in [0.717, 1.165) is 6.42 Å². The van der Waals surface area contributed by atoms with Gasteiger partial charge in [-0.2, -0.15) is 0 Å². The maximum atomic E-state index is 10.9. The molecule has 2 atom stereocenters. The van der Waals surface area contributed by atoms with Crippen molar-refractivity contribution < 1.29 is 9.53 Å². The van der Waals surface area contributed by atoms with Crippen LogP contribution in [0.15, 0.2) is 30.3 Å². The highest BCUT2D eigenvalue weighted by molar-refractivity contribution is 6.18. The molecular formula is C13H15ClO2. The zero-order chi connectivity index (χ0) is 11.6. The van der Waals surface area contributed by atoms with Gasteiger partial charge < -0.3 is 4.74 Å². The van der Waals surface area contributed by atoms with Gasteiger partial charge in [0.1, 0.15) is 6.61 Å². The largest absolute Gasteiger partial charge is 0.465 e. The standard InChI is InChI=1S/C13H15ClO2/c1-10(15)16-9-13(7-12(13)8-14)11-5-3-2-4-6-11/h2-6,12H,7-9H2,1H3/t12-,13+/m0/s1. The highest BCUT2D eigenvalue weighted by atomic mass is 35.5. The third kappa shape index (κ3) is 2.07. The molecule has 1 aliphatic rings. The quantitative estimate of drug-likeness (QED) is 0.596. The lowest BCUT2D eigenvalue weighted by atomic mass is 9.94. The average Bonchev–Trinajstić information content (AvgIpc) is 3.03. The van der Waals surface area contributed by atoms with E-state index in [2.05, 4.69) is 12.1 Å². The van der Waals surface area contributed by atoms with Crippen LogP contribution < -0.4 is 0 Å². The number of carbonyl (C=O) groups excluding carboxylic acids is 1. The summed E-state index contributed by atoms with van der Waals surface area (Å²) in [7, 11) is 0. The van der Waals surface area contributed by atoms with Gasteiger partial charge in [0.05, 0.1) is 0 Å². The van der Waals surface area contributed by atoms with E-state index >= 15 is 0 Å². The van der Waals surface area contributed by atoms with E-state index in [0.29, 0.717) is 18.4 Å². The summed E-state index contributed by atoms with van der Waals surface area (Å²) < 4.78 is 5.16. The smallest absolute Gasteiger partial charge is 0.302 e. The number of hydrogen-bond acceptors (Lipinski definition) is 2. The van der Waals surface area contributed by atoms with Gasteiger partial charge in [0.25, 0.3) is 0 Å². The van der Waals surface area contributed by atoms with E-state index in [-0.39, 0.29) is 11.4 Å². The molecule has 3 heteroatoms. The average molecular weight is 239 g/mol. The molecule has 0 N–H and O–H groups in total. The number of alkyl halides is 1. The summed E-state index contributed by atoms with van der Waals surface area (Å²) in [5.41, 5.74) is 1.19. The summed E-state index contributed by atoms with van der Waals surface area (Å²) in [5, 5.41) is 0. The second-order valence-corrected chi connectivity index (χ2v) is 4.67. The predicted molar refractivity (Wildman–Crippen MR) is 63.6 cm³/mol. The van der Waals surface area contributed by atoms with Gasteiger partial charge >= 0.3 is 5.97 Å². The number of ether oxygens (including phenoxy) is 1. The van der Waals surface area contributed by atoms with Crippen molar-refractivity contribution >= 4 is 17.6 Å². The molecular weight excluding hydrogens is 224 g/mol. The molecule has 0 heterocycles. The van der Waals surface area contributed by atoms with E-state index in [1.54, 1.807) is 0 Å². The Morgan fingerprint density at radius 2 is 2.19 bits per heavy atom. The minimum Gasteiger partial charge on any atom is -0.465 e. The van der Waals surface area contributed by atoms with Crippen molar-refractivity contribution in [2.24, 2.45) is 5.92 Å². The van der Waals surface area contributed by atoms with Crippen molar-refractivity contribution in [1.29, 1.82) is 0 Å². The molecule has 1 aromatic carbocycles. The topological polar surface area (TPSA) is 26.3 Å². The summed E-state index contributed by atoms with van der Waals surface area (Å²) in [4.78, 5) is 10.9. The van der Waals surface area contributed by atoms with Gasteiger partial charge in [-0.25, -0.2) is 0 Å². The lowest BCUT2D eigenvalue weighted by molar-refractivity contribution is -0.141. The number of esters is 1. The van der Waals surface area contributed by atoms with Crippen LogP contribution in [-0.4, -0.2) is 18.5 Å². The van der Waals surface area contributed by atoms with Gasteiger partial charge in [0.15, 0.2) is 0 Å². The Bertz CT molecular complexity index is 377. The Morgan fingerprint density at radius 3 is 2.69 bits per heavy atom. The van der Waals surface area contributed by atoms with Gasteiger partial charge in [-0.1, -0.05) is 30.3 Å². The molecule has 1 saturated carbocycles. The molecule has 0 aromatic heterocycles. The van der Waals surface area contributed by atoms with E-state index in [4.69, 9.17) is 16.3 Å². The zero-order valence-corrected chi connectivity index (χ0v) is 10.0. The first kappa shape index (κ1) is 11.5. The molecule has 2 rings (SSSR count). The van der Waals surface area contributed by atoms with Crippen molar-refractivity contribution in [2.45, 2.75) is 18.8 Å². The van der Waals surface area contributed by atoms with E-state index in [1.807, 2.05) is 18.2 Å². The van der Waals surface area contributed by atoms with Crippen LogP contribution in [0.5, 0.6) is 0 Å². The monoisotopic (exact) mass is 238 g/mol. The number of hydrogen-bond donors (Lipinski definition) is 0. The molecule has 1 aromatic rings. The highest BCUT2D eigenvalue weighted by Crippen LogP contribution is 2.54. The van der Waals surface area contributed by atoms with E-state index in [1.165, 1.54) is 12.5 Å². The van der Waals surface area contributed by atoms with E-state index < -0.39 is 0 Å². The van der Waals surface area contributed by atoms with Gasteiger partial charge in [-0.05, 0) is 17.9 Å². The first-order chi connectivity index (χ1) is 7.69. The normalized spacial score (nSPS) is 27.5. The molecule has 0 aliphatic heterocycles. The van der Waals surface area contributed by atoms with Crippen LogP contribution in [0.3, 0.4) is 0 Å². The fourth-order valence-corrected chi connectivity index (χ4v) is 2.60. The fraction of sp³-hybridized carbons (Fsp3) is 0.462. The summed E-state index contributed by atoms with van der Waals surface area (Å²) in [6, 6.07) is 10.2. The van der Waals surface area contributed by atoms with Gasteiger partial charge in [0.2, 0.25) is 0 Å². The first-order valence-electron chi connectivity index (χ1n) is 5.44. The molecule has 0 unspecified atom stereocenters. The van der Waals surface area contributed by atoms with Crippen LogP contribution in [-0.2, 0) is 14.9 Å². The maximum Gasteiger partial charge on any atom is 0.302 e. The number of rotatable bonds is 4. The molecule has 1 fully saturated rings. The van der Waals surface area contributed by atoms with Crippen molar-refractivity contribution in [3.05, 3.63) is 35.9 Å². The van der Waals surface area contributed by atoms with Crippen LogP contribution in [0.2, 0.25) is 0 Å². The van der Waals surface area contributed by atoms with Crippen molar-refractivity contribution in [2.75, 3.05) is 12.5 Å². The summed E-state index contributed by atoms with van der Waals surface area (Å²) >= 11 is 5.91. The number of benzene rings is 1. The SMILES string of the molecule is CC(=O)OC[C@@]1(c2ccccc2)C[C@H]1CCl. The van der Waals surface area contributed by atoms with Crippen LogP contribution in [0.25, 0.3) is 0 Å². The van der Waals surface area contributed by atoms with Gasteiger partial charge in [-0.15, -0.1) is 11.6 Å². The van der Waals surface area contributed by atoms with Gasteiger partial charge in [-0.3, -0.25) is 4.79 Å². The first-order valence-corrected chi connectivity index (χ1v) is 5.97. The molecule has 16 heavy (non-hydrogen) atoms. The molecule has 0 spiro atoms. The summed E-state index contributed by atoms with van der Waals surface area (Å²) in [5.74, 6) is 0.822. The minimum atomic E-state index is -0.226. The Labute approximate surface area is 101 Å². The van der Waals surface area contributed by atoms with Crippen molar-refractivity contribution in [3.63, 3.8) is 0 Å². The maximum absolute atomic E-state index is 10.9. The molecule has 0 saturated heterocycles. The third-order valence-electron chi connectivity index (χ3n) is 3.30. The molecule has 0 bridgehead atoms. The molecule has 0 radical (unpaired) electrons. The summed E-state index contributed by atoms with van der Waals surface area (Å²) in [6.45, 7) is 1.89. The molecule has 1 aliphatic carbocycles. The lowest BCUT2D eigenvalue weighted by Crippen LogP contribution is -2.20. The van der Waals surface area contributed by atoms with Crippen LogP contribution in [0.1, 0.15) is 18.9 Å². The van der Waals surface area contributed by atoms with E-state index in [9.17, 15) is 4.79 Å². The number of carbonyl (C=O) groups is 1. The second-order valence-electron chi connectivity index (χ2n) is 4.36. The van der Waals surface area contributed by atoms with Crippen molar-refractivity contribution in [1.82, 2.24) is 0 Å². The highest BCUT2D eigenvalue weighted by Gasteiger charge is 2.55. The summed E-state index contributed by atoms with van der Waals surface area (Å²) in [6.07, 6.45) is 1.01. The van der Waals surface area contributed by atoms with Crippen LogP contribution in [0.4, 0.5) is 0 Å². The third-order valence-corrected chi connectivity index (χ3v) is 3.67. The zero-order valence-electron chi connectivity index (χ0n) is 9.28. The Hall–Kier alpha value is -1.02. The van der Waals surface area contributed by atoms with Crippen LogP contribution >= 0.6 is 11.6 Å². The van der Waals surface area contributed by atoms with Crippen LogP contribution in [0, 0.1) is 5.92 Å². The number of halogens is 1. The molecule has 86 valence electrons. The molecule has 2 nitrogen and oxygen atoms in total. The fourth-order valence-electron chi connectivity index (χ4n) is 2.20. The molecule has 0 amide bonds. The van der Waals surface area contributed by atoms with Crippen molar-refractivity contribution in [3.8, 4) is 0 Å². The predicted octanol–water partition coefficient (Wildman–Crippen LogP) is 2.75. The Balaban J connectivity index is 2.15. The van der Waals surface area contributed by atoms with Gasteiger partial charge in [0, 0.05) is 18.2 Å². The Kier molecular flexibility index (Phi) is 3.20. The minimum absolute atomic E-state index is 0.0331.